The molecule has 0 aromatic carbocycles. The zero-order valence-electron chi connectivity index (χ0n) is 8.69. The molecule has 1 atom stereocenters. The predicted octanol–water partition coefficient (Wildman–Crippen LogP) is 2.63. The molecule has 1 unspecified atom stereocenters. The van der Waals surface area contributed by atoms with Crippen LogP contribution in [0.2, 0.25) is 0 Å². The Bertz CT molecular complexity index is 256. The minimum Gasteiger partial charge on any atom is -0.465 e. The largest absolute Gasteiger partial charge is 0.465 e. The second-order valence-corrected chi connectivity index (χ2v) is 4.09. The van der Waals surface area contributed by atoms with Gasteiger partial charge in [0.2, 0.25) is 0 Å². The van der Waals surface area contributed by atoms with Crippen LogP contribution in [0.25, 0.3) is 6.08 Å². The Labute approximate surface area is 89.8 Å². The van der Waals surface area contributed by atoms with Crippen LogP contribution in [0.4, 0.5) is 0 Å². The molecule has 0 bridgehead atoms. The molecular formula is C11H17NOS. The fourth-order valence-electron chi connectivity index (χ4n) is 1.14. The van der Waals surface area contributed by atoms with Gasteiger partial charge in [0.15, 0.2) is 0 Å². The van der Waals surface area contributed by atoms with Gasteiger partial charge in [-0.1, -0.05) is 6.08 Å². The first kappa shape index (κ1) is 11.4. The Hall–Kier alpha value is -0.670. The minimum atomic E-state index is 0.561. The van der Waals surface area contributed by atoms with Crippen LogP contribution in [-0.2, 0) is 0 Å². The normalized spacial score (nSPS) is 13.6. The lowest BCUT2D eigenvalue weighted by molar-refractivity contribution is 0.556. The van der Waals surface area contributed by atoms with Gasteiger partial charge in [-0.25, -0.2) is 0 Å². The highest BCUT2D eigenvalue weighted by molar-refractivity contribution is 7.98. The van der Waals surface area contributed by atoms with Crippen molar-refractivity contribution in [3.63, 3.8) is 0 Å². The highest BCUT2D eigenvalue weighted by atomic mass is 32.2. The summed E-state index contributed by atoms with van der Waals surface area (Å²) >= 11 is 1.86. The van der Waals surface area contributed by atoms with Gasteiger partial charge in [-0.15, -0.1) is 0 Å². The van der Waals surface area contributed by atoms with E-state index in [0.29, 0.717) is 6.04 Å². The molecule has 14 heavy (non-hydrogen) atoms. The summed E-state index contributed by atoms with van der Waals surface area (Å²) in [5.74, 6) is 2.05. The summed E-state index contributed by atoms with van der Waals surface area (Å²) in [5, 5.41) is 3.40. The monoisotopic (exact) mass is 211 g/mol. The van der Waals surface area contributed by atoms with Crippen LogP contribution in [0.15, 0.2) is 28.9 Å². The van der Waals surface area contributed by atoms with Gasteiger partial charge in [0, 0.05) is 18.3 Å². The first-order valence-electron chi connectivity index (χ1n) is 4.75. The highest BCUT2D eigenvalue weighted by Crippen LogP contribution is 2.01. The Morgan fingerprint density at radius 3 is 3.14 bits per heavy atom. The molecular weight excluding hydrogens is 194 g/mol. The van der Waals surface area contributed by atoms with Crippen molar-refractivity contribution in [1.82, 2.24) is 5.32 Å². The third kappa shape index (κ3) is 4.53. The molecule has 0 fully saturated rings. The third-order valence-corrected chi connectivity index (χ3v) is 2.66. The number of hydrogen-bond acceptors (Lipinski definition) is 3. The number of thioether (sulfide) groups is 1. The average Bonchev–Trinajstić information content (AvgIpc) is 2.65. The average molecular weight is 211 g/mol. The molecule has 0 amide bonds. The smallest absolute Gasteiger partial charge is 0.126 e. The molecule has 0 aliphatic heterocycles. The van der Waals surface area contributed by atoms with Crippen molar-refractivity contribution >= 4 is 17.8 Å². The summed E-state index contributed by atoms with van der Waals surface area (Å²) in [4.78, 5) is 0. The van der Waals surface area contributed by atoms with Gasteiger partial charge in [-0.05, 0) is 31.4 Å². The van der Waals surface area contributed by atoms with Crippen LogP contribution in [-0.4, -0.2) is 24.6 Å². The second kappa shape index (κ2) is 6.74. The Balaban J connectivity index is 2.15. The van der Waals surface area contributed by atoms with Crippen molar-refractivity contribution in [1.29, 1.82) is 0 Å². The van der Waals surface area contributed by atoms with Crippen LogP contribution in [0.3, 0.4) is 0 Å². The molecule has 1 N–H and O–H groups in total. The fraction of sp³-hybridized carbons (Fsp3) is 0.455. The summed E-state index contributed by atoms with van der Waals surface area (Å²) in [6.45, 7) is 3.08. The standard InChI is InChI=1S/C11H17NOS/c1-10(9-14-2)12-7-3-5-11-6-4-8-13-11/h3-6,8,10,12H,7,9H2,1-2H3/b5-3+. The van der Waals surface area contributed by atoms with E-state index in [1.807, 2.05) is 30.0 Å². The van der Waals surface area contributed by atoms with Crippen molar-refractivity contribution in [3.05, 3.63) is 30.2 Å². The summed E-state index contributed by atoms with van der Waals surface area (Å²) in [5.41, 5.74) is 0. The Morgan fingerprint density at radius 2 is 2.50 bits per heavy atom. The van der Waals surface area contributed by atoms with Crippen LogP contribution in [0, 0.1) is 0 Å². The molecule has 0 saturated carbocycles. The third-order valence-electron chi connectivity index (χ3n) is 1.83. The fourth-order valence-corrected chi connectivity index (χ4v) is 1.76. The number of furan rings is 1. The maximum Gasteiger partial charge on any atom is 0.126 e. The van der Waals surface area contributed by atoms with Gasteiger partial charge in [-0.2, -0.15) is 11.8 Å². The molecule has 0 spiro atoms. The van der Waals surface area contributed by atoms with E-state index in [1.54, 1.807) is 6.26 Å². The van der Waals surface area contributed by atoms with Crippen LogP contribution in [0.1, 0.15) is 12.7 Å². The quantitative estimate of drug-likeness (QED) is 0.783. The highest BCUT2D eigenvalue weighted by Gasteiger charge is 1.96. The number of hydrogen-bond donors (Lipinski definition) is 1. The summed E-state index contributed by atoms with van der Waals surface area (Å²) in [6, 6.07) is 4.40. The second-order valence-electron chi connectivity index (χ2n) is 3.18. The predicted molar refractivity (Wildman–Crippen MR) is 63.6 cm³/mol. The molecule has 1 rings (SSSR count). The molecule has 2 nitrogen and oxygen atoms in total. The van der Waals surface area contributed by atoms with Gasteiger partial charge in [-0.3, -0.25) is 0 Å². The van der Waals surface area contributed by atoms with Gasteiger partial charge in [0.1, 0.15) is 5.76 Å². The molecule has 1 heterocycles. The van der Waals surface area contributed by atoms with Gasteiger partial charge < -0.3 is 9.73 Å². The van der Waals surface area contributed by atoms with E-state index in [2.05, 4.69) is 24.6 Å². The molecule has 0 saturated heterocycles. The van der Waals surface area contributed by atoms with E-state index in [4.69, 9.17) is 4.42 Å². The maximum absolute atomic E-state index is 5.17. The number of nitrogens with one attached hydrogen (secondary N) is 1. The summed E-state index contributed by atoms with van der Waals surface area (Å²) in [6.07, 6.45) is 7.87. The van der Waals surface area contributed by atoms with Crippen LogP contribution >= 0.6 is 11.8 Å². The molecule has 1 aromatic rings. The Kier molecular flexibility index (Phi) is 5.49. The molecule has 0 aliphatic carbocycles. The lowest BCUT2D eigenvalue weighted by atomic mass is 10.3. The SMILES string of the molecule is CSCC(C)NC/C=C/c1ccco1. The van der Waals surface area contributed by atoms with E-state index in [1.165, 1.54) is 0 Å². The molecule has 0 radical (unpaired) electrons. The van der Waals surface area contributed by atoms with E-state index < -0.39 is 0 Å². The first-order chi connectivity index (χ1) is 6.83. The van der Waals surface area contributed by atoms with Gasteiger partial charge >= 0.3 is 0 Å². The van der Waals surface area contributed by atoms with Crippen molar-refractivity contribution in [2.45, 2.75) is 13.0 Å². The van der Waals surface area contributed by atoms with Crippen molar-refractivity contribution in [2.24, 2.45) is 0 Å². The zero-order valence-corrected chi connectivity index (χ0v) is 9.51. The number of rotatable bonds is 6. The first-order valence-corrected chi connectivity index (χ1v) is 6.14. The lowest BCUT2D eigenvalue weighted by Gasteiger charge is -2.09. The van der Waals surface area contributed by atoms with Crippen molar-refractivity contribution < 1.29 is 4.42 Å². The molecule has 1 aromatic heterocycles. The topological polar surface area (TPSA) is 25.2 Å². The van der Waals surface area contributed by atoms with Crippen LogP contribution < -0.4 is 5.32 Å². The van der Waals surface area contributed by atoms with Crippen molar-refractivity contribution in [3.8, 4) is 0 Å². The van der Waals surface area contributed by atoms with Gasteiger partial charge in [0.25, 0.3) is 0 Å². The van der Waals surface area contributed by atoms with Crippen LogP contribution in [0.5, 0.6) is 0 Å². The Morgan fingerprint density at radius 1 is 1.64 bits per heavy atom. The van der Waals surface area contributed by atoms with Gasteiger partial charge in [0.05, 0.1) is 6.26 Å². The van der Waals surface area contributed by atoms with E-state index >= 15 is 0 Å². The molecule has 3 heteroatoms. The van der Waals surface area contributed by atoms with Crippen molar-refractivity contribution in [2.75, 3.05) is 18.6 Å². The summed E-state index contributed by atoms with van der Waals surface area (Å²) < 4.78 is 5.17. The van der Waals surface area contributed by atoms with E-state index in [-0.39, 0.29) is 0 Å². The lowest BCUT2D eigenvalue weighted by Crippen LogP contribution is -2.27. The minimum absolute atomic E-state index is 0.561. The van der Waals surface area contributed by atoms with E-state index in [9.17, 15) is 0 Å². The van der Waals surface area contributed by atoms with E-state index in [0.717, 1.165) is 18.1 Å². The molecule has 78 valence electrons. The maximum atomic E-state index is 5.17. The molecule has 0 aliphatic rings. The summed E-state index contributed by atoms with van der Waals surface area (Å²) in [7, 11) is 0. The zero-order chi connectivity index (χ0) is 10.2.